The van der Waals surface area contributed by atoms with Crippen molar-refractivity contribution in [3.8, 4) is 0 Å². The van der Waals surface area contributed by atoms with Crippen molar-refractivity contribution < 1.29 is 9.46 Å². The lowest BCUT2D eigenvalue weighted by atomic mass is 10.0. The van der Waals surface area contributed by atoms with E-state index in [0.29, 0.717) is 12.6 Å². The molecule has 2 rings (SSSR count). The van der Waals surface area contributed by atoms with Crippen LogP contribution < -0.4 is 5.09 Å². The fourth-order valence-electron chi connectivity index (χ4n) is 2.90. The number of benzene rings is 2. The van der Waals surface area contributed by atoms with Crippen molar-refractivity contribution in [2.45, 2.75) is 45.6 Å². The van der Waals surface area contributed by atoms with Crippen molar-refractivity contribution in [2.24, 2.45) is 0 Å². The van der Waals surface area contributed by atoms with Crippen molar-refractivity contribution >= 4 is 18.3 Å². The van der Waals surface area contributed by atoms with Crippen LogP contribution in [0, 0.1) is 0 Å². The molecule has 2 unspecified atom stereocenters. The average Bonchev–Trinajstić information content (AvgIpc) is 2.47. The number of fused-ring (bicyclic) bond motifs is 1. The Labute approximate surface area is 133 Å². The van der Waals surface area contributed by atoms with Gasteiger partial charge in [0, 0.05) is 12.2 Å². The summed E-state index contributed by atoms with van der Waals surface area (Å²) in [5.74, 6) is 0. The van der Waals surface area contributed by atoms with Gasteiger partial charge in [0.25, 0.3) is 7.52 Å². The third kappa shape index (κ3) is 4.95. The van der Waals surface area contributed by atoms with Crippen LogP contribution in [0.3, 0.4) is 0 Å². The Hall–Kier alpha value is -1.15. The summed E-state index contributed by atoms with van der Waals surface area (Å²) in [5, 5.41) is 5.36. The summed E-state index contributed by atoms with van der Waals surface area (Å²) in [6.45, 7) is 4.05. The van der Waals surface area contributed by atoms with Gasteiger partial charge in [-0.05, 0) is 42.5 Å². The van der Waals surface area contributed by atoms with E-state index in [4.69, 9.17) is 0 Å². The van der Waals surface area contributed by atoms with Gasteiger partial charge in [-0.2, -0.15) is 0 Å². The van der Waals surface area contributed by atoms with Gasteiger partial charge < -0.3 is 4.89 Å². The molecule has 0 aliphatic carbocycles. The summed E-state index contributed by atoms with van der Waals surface area (Å²) in [6, 6.07) is 14.6. The highest BCUT2D eigenvalue weighted by Gasteiger charge is 2.19. The third-order valence-corrected chi connectivity index (χ3v) is 5.70. The van der Waals surface area contributed by atoms with E-state index in [-0.39, 0.29) is 6.04 Å². The molecule has 0 aliphatic heterocycles. The van der Waals surface area contributed by atoms with Gasteiger partial charge >= 0.3 is 0 Å². The van der Waals surface area contributed by atoms with Crippen molar-refractivity contribution in [1.82, 2.24) is 5.09 Å². The number of hydrogen-bond donors (Lipinski definition) is 2. The quantitative estimate of drug-likeness (QED) is 0.691. The molecule has 0 radical (unpaired) electrons. The van der Waals surface area contributed by atoms with Crippen LogP contribution in [-0.2, 0) is 11.0 Å². The predicted octanol–water partition coefficient (Wildman–Crippen LogP) is 4.74. The second kappa shape index (κ2) is 7.92. The van der Waals surface area contributed by atoms with Crippen LogP contribution in [0.4, 0.5) is 0 Å². The van der Waals surface area contributed by atoms with E-state index in [1.807, 2.05) is 19.1 Å². The lowest BCUT2D eigenvalue weighted by Gasteiger charge is -2.18. The van der Waals surface area contributed by atoms with E-state index < -0.39 is 7.52 Å². The summed E-state index contributed by atoms with van der Waals surface area (Å²) < 4.78 is 12.2. The van der Waals surface area contributed by atoms with Crippen LogP contribution in [0.15, 0.2) is 42.5 Å². The van der Waals surface area contributed by atoms with E-state index in [2.05, 4.69) is 42.3 Å². The standard InChI is InChI=1S/C18H26NO2P/c1-3-8-15(2)19-22(20,21)14-7-12-17-11-6-10-16-9-4-5-13-18(16)17/h4-6,9-11,13,15H,3,7-8,12,14H2,1-2H3,(H2,19,20,21). The van der Waals surface area contributed by atoms with Crippen LogP contribution in [-0.4, -0.2) is 17.1 Å². The van der Waals surface area contributed by atoms with Gasteiger partial charge in [0.15, 0.2) is 0 Å². The second-order valence-electron chi connectivity index (χ2n) is 5.99. The predicted molar refractivity (Wildman–Crippen MR) is 94.5 cm³/mol. The molecule has 0 bridgehead atoms. The van der Waals surface area contributed by atoms with Gasteiger partial charge in [-0.1, -0.05) is 55.8 Å². The highest BCUT2D eigenvalue weighted by Crippen LogP contribution is 2.37. The molecule has 4 heteroatoms. The Morgan fingerprint density at radius 3 is 2.68 bits per heavy atom. The zero-order valence-electron chi connectivity index (χ0n) is 13.5. The van der Waals surface area contributed by atoms with Gasteiger partial charge in [-0.15, -0.1) is 0 Å². The smallest absolute Gasteiger partial charge is 0.267 e. The minimum Gasteiger partial charge on any atom is -0.333 e. The maximum absolute atomic E-state index is 12.2. The molecule has 2 N–H and O–H groups in total. The van der Waals surface area contributed by atoms with Crippen molar-refractivity contribution in [2.75, 3.05) is 6.16 Å². The first-order chi connectivity index (χ1) is 10.5. The summed E-state index contributed by atoms with van der Waals surface area (Å²) in [6.07, 6.45) is 3.81. The highest BCUT2D eigenvalue weighted by atomic mass is 31.2. The van der Waals surface area contributed by atoms with Gasteiger partial charge in [-0.25, -0.2) is 5.09 Å². The molecule has 0 heterocycles. The SMILES string of the molecule is CCCC(C)NP(=O)(O)CCCc1cccc2ccccc12. The van der Waals surface area contributed by atoms with Crippen LogP contribution >= 0.6 is 7.52 Å². The summed E-state index contributed by atoms with van der Waals surface area (Å²) >= 11 is 0. The van der Waals surface area contributed by atoms with Gasteiger partial charge in [0.05, 0.1) is 0 Å². The van der Waals surface area contributed by atoms with Crippen LogP contribution in [0.25, 0.3) is 10.8 Å². The van der Waals surface area contributed by atoms with Crippen LogP contribution in [0.5, 0.6) is 0 Å². The van der Waals surface area contributed by atoms with Crippen molar-refractivity contribution in [3.63, 3.8) is 0 Å². The molecule has 2 aromatic carbocycles. The average molecular weight is 319 g/mol. The van der Waals surface area contributed by atoms with E-state index in [1.54, 1.807) is 0 Å². The third-order valence-electron chi connectivity index (χ3n) is 3.93. The molecule has 0 spiro atoms. The van der Waals surface area contributed by atoms with Gasteiger partial charge in [-0.3, -0.25) is 4.57 Å². The molecule has 0 amide bonds. The molecule has 0 fully saturated rings. The number of aryl methyl sites for hydroxylation is 1. The topological polar surface area (TPSA) is 49.3 Å². The fraction of sp³-hybridized carbons (Fsp3) is 0.444. The molecule has 0 saturated heterocycles. The molecule has 22 heavy (non-hydrogen) atoms. The molecular formula is C18H26NO2P. The number of hydrogen-bond acceptors (Lipinski definition) is 1. The normalized spacial score (nSPS) is 15.6. The zero-order chi connectivity index (χ0) is 16.0. The van der Waals surface area contributed by atoms with Gasteiger partial charge in [0.1, 0.15) is 0 Å². The summed E-state index contributed by atoms with van der Waals surface area (Å²) in [7, 11) is -3.23. The molecule has 0 saturated carbocycles. The van der Waals surface area contributed by atoms with E-state index in [0.717, 1.165) is 19.3 Å². The molecule has 2 aromatic rings. The Kier molecular flexibility index (Phi) is 6.19. The zero-order valence-corrected chi connectivity index (χ0v) is 14.4. The first-order valence-corrected chi connectivity index (χ1v) is 9.92. The maximum Gasteiger partial charge on any atom is 0.267 e. The van der Waals surface area contributed by atoms with Crippen LogP contribution in [0.2, 0.25) is 0 Å². The minimum atomic E-state index is -3.23. The molecule has 120 valence electrons. The monoisotopic (exact) mass is 319 g/mol. The fourth-order valence-corrected chi connectivity index (χ4v) is 4.43. The van der Waals surface area contributed by atoms with E-state index >= 15 is 0 Å². The van der Waals surface area contributed by atoms with Gasteiger partial charge in [0.2, 0.25) is 0 Å². The molecule has 0 aliphatic rings. The largest absolute Gasteiger partial charge is 0.333 e. The van der Waals surface area contributed by atoms with Crippen molar-refractivity contribution in [1.29, 1.82) is 0 Å². The Morgan fingerprint density at radius 1 is 1.18 bits per heavy atom. The Bertz CT molecular complexity index is 651. The minimum absolute atomic E-state index is 0.0957. The molecule has 3 nitrogen and oxygen atoms in total. The van der Waals surface area contributed by atoms with E-state index in [1.165, 1.54) is 16.3 Å². The lowest BCUT2D eigenvalue weighted by molar-refractivity contribution is 0.443. The maximum atomic E-state index is 12.2. The summed E-state index contributed by atoms with van der Waals surface area (Å²) in [4.78, 5) is 10.0. The first kappa shape index (κ1) is 17.2. The number of nitrogens with one attached hydrogen (secondary N) is 1. The highest BCUT2D eigenvalue weighted by molar-refractivity contribution is 7.55. The molecular weight excluding hydrogens is 293 g/mol. The lowest BCUT2D eigenvalue weighted by Crippen LogP contribution is -2.24. The Morgan fingerprint density at radius 2 is 1.91 bits per heavy atom. The molecule has 2 atom stereocenters. The molecule has 0 aromatic heterocycles. The van der Waals surface area contributed by atoms with E-state index in [9.17, 15) is 9.46 Å². The van der Waals surface area contributed by atoms with Crippen LogP contribution in [0.1, 0.15) is 38.7 Å². The Balaban J connectivity index is 1.94. The number of rotatable bonds is 8. The first-order valence-electron chi connectivity index (χ1n) is 8.08. The summed E-state index contributed by atoms with van der Waals surface area (Å²) in [5.41, 5.74) is 1.25. The second-order valence-corrected chi connectivity index (χ2v) is 8.09. The van der Waals surface area contributed by atoms with Crippen molar-refractivity contribution in [3.05, 3.63) is 48.0 Å².